The fraction of sp³-hybridized carbons (Fsp3) is 0.333. The monoisotopic (exact) mass is 488 g/mol. The van der Waals surface area contributed by atoms with Gasteiger partial charge < -0.3 is 24.9 Å². The molecular formula is C24H28N10O2. The molecule has 0 aromatic carbocycles. The number of aromatic nitrogens is 6. The van der Waals surface area contributed by atoms with Gasteiger partial charge in [0.25, 0.3) is 5.56 Å². The van der Waals surface area contributed by atoms with Crippen LogP contribution in [0.5, 0.6) is 0 Å². The van der Waals surface area contributed by atoms with E-state index < -0.39 is 0 Å². The molecule has 0 unspecified atom stereocenters. The van der Waals surface area contributed by atoms with E-state index in [-0.39, 0.29) is 5.56 Å². The molecule has 0 amide bonds. The highest BCUT2D eigenvalue weighted by atomic mass is 16.5. The van der Waals surface area contributed by atoms with E-state index in [4.69, 9.17) is 9.72 Å². The highest BCUT2D eigenvalue weighted by Gasteiger charge is 2.21. The lowest BCUT2D eigenvalue weighted by atomic mass is 10.2. The van der Waals surface area contributed by atoms with Gasteiger partial charge in [-0.05, 0) is 19.7 Å². The number of morpholine rings is 1. The van der Waals surface area contributed by atoms with E-state index in [1.807, 2.05) is 19.2 Å². The zero-order valence-electron chi connectivity index (χ0n) is 20.1. The Morgan fingerprint density at radius 1 is 1.28 bits per heavy atom. The van der Waals surface area contributed by atoms with Crippen LogP contribution in [0.1, 0.15) is 6.92 Å². The maximum atomic E-state index is 13.3. The molecule has 4 aromatic rings. The largest absolute Gasteiger partial charge is 0.381 e. The molecule has 12 nitrogen and oxygen atoms in total. The molecule has 0 spiro atoms. The minimum atomic E-state index is -0.260. The number of hydrogen-bond donors (Lipinski definition) is 3. The fourth-order valence-electron chi connectivity index (χ4n) is 4.14. The number of H-pyrrole nitrogens is 2. The summed E-state index contributed by atoms with van der Waals surface area (Å²) in [6.07, 6.45) is 8.51. The van der Waals surface area contributed by atoms with Crippen molar-refractivity contribution in [3.05, 3.63) is 41.1 Å². The number of aromatic amines is 2. The Balaban J connectivity index is 1.52. The van der Waals surface area contributed by atoms with E-state index in [9.17, 15) is 4.79 Å². The maximum Gasteiger partial charge on any atom is 0.261 e. The second-order valence-corrected chi connectivity index (χ2v) is 8.20. The molecule has 5 rings (SSSR count). The van der Waals surface area contributed by atoms with E-state index in [2.05, 4.69) is 47.0 Å². The fourth-order valence-corrected chi connectivity index (χ4v) is 4.14. The average Bonchev–Trinajstić information content (AvgIpc) is 3.51. The van der Waals surface area contributed by atoms with Gasteiger partial charge in [-0.15, -0.1) is 0 Å². The smallest absolute Gasteiger partial charge is 0.261 e. The third-order valence-corrected chi connectivity index (χ3v) is 5.90. The van der Waals surface area contributed by atoms with Gasteiger partial charge in [-0.3, -0.25) is 19.5 Å². The average molecular weight is 489 g/mol. The number of anilines is 2. The first kappa shape index (κ1) is 23.4. The number of fused-ring (bicyclic) bond motifs is 2. The summed E-state index contributed by atoms with van der Waals surface area (Å²) in [6.45, 7) is 9.97. The number of pyridine rings is 2. The summed E-state index contributed by atoms with van der Waals surface area (Å²) in [4.78, 5) is 39.0. The molecule has 0 saturated carbocycles. The summed E-state index contributed by atoms with van der Waals surface area (Å²) >= 11 is 0. The molecule has 1 aliphatic rings. The second kappa shape index (κ2) is 10.5. The molecule has 3 N–H and O–H groups in total. The maximum absolute atomic E-state index is 13.3. The lowest BCUT2D eigenvalue weighted by molar-refractivity contribution is 0.122. The number of nitrogens with zero attached hydrogens (tertiary/aromatic N) is 7. The lowest BCUT2D eigenvalue weighted by Crippen LogP contribution is -2.36. The van der Waals surface area contributed by atoms with Gasteiger partial charge in [-0.25, -0.2) is 9.97 Å². The normalized spacial score (nSPS) is 14.5. The predicted molar refractivity (Wildman–Crippen MR) is 142 cm³/mol. The first-order valence-electron chi connectivity index (χ1n) is 11.8. The first-order chi connectivity index (χ1) is 17.7. The van der Waals surface area contributed by atoms with Crippen LogP contribution in [0.4, 0.5) is 11.5 Å². The van der Waals surface area contributed by atoms with Gasteiger partial charge in [0, 0.05) is 50.9 Å². The Morgan fingerprint density at radius 3 is 2.94 bits per heavy atom. The van der Waals surface area contributed by atoms with Crippen LogP contribution >= 0.6 is 0 Å². The zero-order chi connectivity index (χ0) is 24.9. The van der Waals surface area contributed by atoms with Crippen LogP contribution in [0.15, 0.2) is 45.5 Å². The third-order valence-electron chi connectivity index (χ3n) is 5.90. The molecule has 36 heavy (non-hydrogen) atoms. The Hall–Kier alpha value is -4.32. The molecule has 4 aromatic heterocycles. The summed E-state index contributed by atoms with van der Waals surface area (Å²) < 4.78 is 7.23. The summed E-state index contributed by atoms with van der Waals surface area (Å²) in [5, 5.41) is 8.03. The third kappa shape index (κ3) is 4.75. The van der Waals surface area contributed by atoms with Crippen molar-refractivity contribution >= 4 is 46.5 Å². The van der Waals surface area contributed by atoms with Crippen LogP contribution in [0.25, 0.3) is 33.5 Å². The van der Waals surface area contributed by atoms with Gasteiger partial charge in [0.15, 0.2) is 0 Å². The zero-order valence-corrected chi connectivity index (χ0v) is 20.1. The van der Waals surface area contributed by atoms with Crippen LogP contribution in [-0.4, -0.2) is 82.0 Å². The molecule has 0 atom stereocenters. The molecule has 0 bridgehead atoms. The van der Waals surface area contributed by atoms with E-state index in [1.54, 1.807) is 29.4 Å². The minimum absolute atomic E-state index is 0.260. The van der Waals surface area contributed by atoms with Crippen LogP contribution < -0.4 is 15.8 Å². The van der Waals surface area contributed by atoms with E-state index in [0.29, 0.717) is 61.0 Å². The topological polar surface area (TPSA) is 141 Å². The van der Waals surface area contributed by atoms with Gasteiger partial charge in [0.1, 0.15) is 22.7 Å². The number of imidazole rings is 1. The summed E-state index contributed by atoms with van der Waals surface area (Å²) in [7, 11) is 0. The van der Waals surface area contributed by atoms with Crippen LogP contribution in [0.3, 0.4) is 0 Å². The van der Waals surface area contributed by atoms with Crippen LogP contribution in [0, 0.1) is 0 Å². The second-order valence-electron chi connectivity index (χ2n) is 8.20. The molecular weight excluding hydrogens is 460 g/mol. The van der Waals surface area contributed by atoms with Gasteiger partial charge >= 0.3 is 0 Å². The van der Waals surface area contributed by atoms with E-state index in [0.717, 1.165) is 29.9 Å². The minimum Gasteiger partial charge on any atom is -0.381 e. The highest BCUT2D eigenvalue weighted by Crippen LogP contribution is 2.30. The Morgan fingerprint density at radius 2 is 2.14 bits per heavy atom. The standard InChI is InChI=1S/C24H28N10O2/c1-3-34-15-18-21(32-34)22(27-8-7-26-6-4-5-25-2)20(24(35)31-18)23-29-16-13-19(28-14-17(16)30-23)33-9-11-36-12-10-33/h4-6,13-15,27H,2-3,7-12H2,1H3,(H,29,30)(H,31,35)/b5-4-,26-6?. The lowest BCUT2D eigenvalue weighted by Gasteiger charge is -2.27. The van der Waals surface area contributed by atoms with Crippen LogP contribution in [-0.2, 0) is 11.3 Å². The molecule has 1 fully saturated rings. The van der Waals surface area contributed by atoms with Gasteiger partial charge in [-0.1, -0.05) is 0 Å². The Labute approximate surface area is 206 Å². The van der Waals surface area contributed by atoms with Crippen molar-refractivity contribution < 1.29 is 4.74 Å². The molecule has 5 heterocycles. The quantitative estimate of drug-likeness (QED) is 0.242. The first-order valence-corrected chi connectivity index (χ1v) is 11.8. The number of nitrogens with one attached hydrogen (secondary N) is 3. The number of hydrogen-bond acceptors (Lipinski definition) is 9. The number of rotatable bonds is 9. The van der Waals surface area contributed by atoms with Crippen molar-refractivity contribution in [2.24, 2.45) is 9.98 Å². The Kier molecular flexibility index (Phi) is 6.85. The highest BCUT2D eigenvalue weighted by molar-refractivity contribution is 5.96. The van der Waals surface area contributed by atoms with Gasteiger partial charge in [-0.2, -0.15) is 5.10 Å². The van der Waals surface area contributed by atoms with Crippen molar-refractivity contribution in [2.75, 3.05) is 49.6 Å². The predicted octanol–water partition coefficient (Wildman–Crippen LogP) is 2.22. The van der Waals surface area contributed by atoms with Crippen molar-refractivity contribution in [2.45, 2.75) is 13.5 Å². The van der Waals surface area contributed by atoms with Crippen molar-refractivity contribution in [1.29, 1.82) is 0 Å². The number of ether oxygens (including phenoxy) is 1. The van der Waals surface area contributed by atoms with E-state index in [1.165, 1.54) is 0 Å². The molecule has 12 heteroatoms. The number of aryl methyl sites for hydroxylation is 1. The SMILES string of the molecule is C=N/C=C\C=NCCNc1c(-c2nc3cc(N4CCOCC4)ncc3[nH]2)c(=O)[nH]c2cn(CC)nc12. The molecule has 0 radical (unpaired) electrons. The van der Waals surface area contributed by atoms with E-state index >= 15 is 0 Å². The molecule has 1 saturated heterocycles. The summed E-state index contributed by atoms with van der Waals surface area (Å²) in [5.74, 6) is 1.29. The molecule has 1 aliphatic heterocycles. The van der Waals surface area contributed by atoms with Gasteiger partial charge in [0.2, 0.25) is 0 Å². The van der Waals surface area contributed by atoms with Crippen molar-refractivity contribution in [1.82, 2.24) is 29.7 Å². The van der Waals surface area contributed by atoms with Crippen molar-refractivity contribution in [3.63, 3.8) is 0 Å². The molecule has 0 aliphatic carbocycles. The Bertz CT molecular complexity index is 1490. The molecule has 186 valence electrons. The van der Waals surface area contributed by atoms with Crippen molar-refractivity contribution in [3.8, 4) is 11.4 Å². The van der Waals surface area contributed by atoms with Crippen LogP contribution in [0.2, 0.25) is 0 Å². The summed E-state index contributed by atoms with van der Waals surface area (Å²) in [5.41, 5.74) is 3.55. The summed E-state index contributed by atoms with van der Waals surface area (Å²) in [6, 6.07) is 1.94. The number of aliphatic imine (C=N–C) groups is 2. The number of allylic oxidation sites excluding steroid dienone is 1. The van der Waals surface area contributed by atoms with Gasteiger partial charge in [0.05, 0.1) is 48.2 Å².